The van der Waals surface area contributed by atoms with Gasteiger partial charge < -0.3 is 0 Å². The number of rotatable bonds is 4. The van der Waals surface area contributed by atoms with Crippen molar-refractivity contribution in [1.82, 2.24) is 20.2 Å². The van der Waals surface area contributed by atoms with E-state index in [0.29, 0.717) is 22.4 Å². The number of nitrogens with one attached hydrogen (secondary N) is 1. The minimum atomic E-state index is -0.298. The van der Waals surface area contributed by atoms with Crippen LogP contribution < -0.4 is 5.32 Å². The van der Waals surface area contributed by atoms with Crippen molar-refractivity contribution in [3.63, 3.8) is 0 Å². The highest BCUT2D eigenvalue weighted by Crippen LogP contribution is 2.35. The normalized spacial score (nSPS) is 11.0. The second kappa shape index (κ2) is 5.79. The van der Waals surface area contributed by atoms with Crippen LogP contribution in [0.3, 0.4) is 0 Å². The van der Waals surface area contributed by atoms with Gasteiger partial charge in [-0.3, -0.25) is 10.1 Å². The molecule has 108 valence electrons. The number of tetrazole rings is 1. The van der Waals surface area contributed by atoms with Crippen LogP contribution in [0.1, 0.15) is 23.0 Å². The number of fused-ring (bicyclic) bond motifs is 1. The molecule has 0 saturated carbocycles. The van der Waals surface area contributed by atoms with Crippen molar-refractivity contribution in [2.45, 2.75) is 19.9 Å². The minimum Gasteiger partial charge on any atom is -0.288 e. The summed E-state index contributed by atoms with van der Waals surface area (Å²) in [6.45, 7) is 2.65. The molecule has 21 heavy (non-hydrogen) atoms. The highest BCUT2D eigenvalue weighted by Gasteiger charge is 2.19. The van der Waals surface area contributed by atoms with Crippen LogP contribution in [0, 0.1) is 0 Å². The number of carbonyl (C=O) groups is 1. The third kappa shape index (κ3) is 2.62. The van der Waals surface area contributed by atoms with E-state index in [1.54, 1.807) is 4.68 Å². The first-order valence-corrected chi connectivity index (χ1v) is 7.64. The van der Waals surface area contributed by atoms with Gasteiger partial charge in [0.25, 0.3) is 5.91 Å². The highest BCUT2D eigenvalue weighted by molar-refractivity contribution is 7.21. The smallest absolute Gasteiger partial charge is 0.269 e. The number of halogens is 1. The van der Waals surface area contributed by atoms with Gasteiger partial charge in [0.15, 0.2) is 0 Å². The fraction of sp³-hybridized carbons (Fsp3) is 0.231. The lowest BCUT2D eigenvalue weighted by atomic mass is 10.2. The molecule has 2 heterocycles. The van der Waals surface area contributed by atoms with E-state index in [9.17, 15) is 4.79 Å². The molecule has 0 bridgehead atoms. The van der Waals surface area contributed by atoms with Crippen LogP contribution >= 0.6 is 22.9 Å². The van der Waals surface area contributed by atoms with Crippen molar-refractivity contribution in [1.29, 1.82) is 0 Å². The number of thiophene rings is 1. The van der Waals surface area contributed by atoms with E-state index in [1.807, 2.05) is 31.2 Å². The fourth-order valence-corrected chi connectivity index (χ4v) is 3.39. The molecule has 1 aromatic carbocycles. The predicted molar refractivity (Wildman–Crippen MR) is 82.9 cm³/mol. The molecule has 1 amide bonds. The third-order valence-electron chi connectivity index (χ3n) is 2.93. The predicted octanol–water partition coefficient (Wildman–Crippen LogP) is 3.20. The Hall–Kier alpha value is -1.99. The van der Waals surface area contributed by atoms with Crippen molar-refractivity contribution < 1.29 is 4.79 Å². The second-order valence-corrected chi connectivity index (χ2v) is 5.85. The molecule has 0 fully saturated rings. The molecule has 3 aromatic rings. The molecule has 0 unspecified atom stereocenters. The fourth-order valence-electron chi connectivity index (χ4n) is 1.97. The molecular weight excluding hydrogens is 310 g/mol. The van der Waals surface area contributed by atoms with Crippen molar-refractivity contribution in [2.24, 2.45) is 0 Å². The van der Waals surface area contributed by atoms with Gasteiger partial charge in [0.05, 0.1) is 5.02 Å². The zero-order chi connectivity index (χ0) is 14.8. The molecule has 0 spiro atoms. The lowest BCUT2D eigenvalue weighted by Gasteiger charge is -2.03. The maximum Gasteiger partial charge on any atom is 0.269 e. The van der Waals surface area contributed by atoms with Gasteiger partial charge in [0.1, 0.15) is 4.88 Å². The van der Waals surface area contributed by atoms with Crippen molar-refractivity contribution in [2.75, 3.05) is 5.32 Å². The van der Waals surface area contributed by atoms with Crippen LogP contribution in [-0.2, 0) is 6.54 Å². The molecule has 0 saturated heterocycles. The first-order chi connectivity index (χ1) is 10.2. The number of benzene rings is 1. The first kappa shape index (κ1) is 14.0. The monoisotopic (exact) mass is 321 g/mol. The van der Waals surface area contributed by atoms with Crippen LogP contribution in [0.4, 0.5) is 5.95 Å². The summed E-state index contributed by atoms with van der Waals surface area (Å²) >= 11 is 7.64. The minimum absolute atomic E-state index is 0.298. The van der Waals surface area contributed by atoms with Gasteiger partial charge in [0, 0.05) is 16.6 Å². The zero-order valence-corrected chi connectivity index (χ0v) is 12.8. The van der Waals surface area contributed by atoms with Gasteiger partial charge in [-0.2, -0.15) is 0 Å². The molecule has 1 N–H and O–H groups in total. The number of anilines is 1. The Morgan fingerprint density at radius 1 is 1.43 bits per heavy atom. The van der Waals surface area contributed by atoms with Crippen molar-refractivity contribution >= 4 is 44.9 Å². The topological polar surface area (TPSA) is 72.7 Å². The molecule has 0 aliphatic carbocycles. The summed E-state index contributed by atoms with van der Waals surface area (Å²) in [6.07, 6.45) is 0.873. The zero-order valence-electron chi connectivity index (χ0n) is 11.2. The summed E-state index contributed by atoms with van der Waals surface area (Å²) in [7, 11) is 0. The maximum atomic E-state index is 12.4. The standard InChI is InChI=1S/C13H12ClN5OS/c1-2-7-19-13(16-17-18-19)15-12(20)11-10(14)8-5-3-4-6-9(8)21-11/h3-6H,2,7H2,1H3,(H,15,16,18,20). The average Bonchev–Trinajstić information content (AvgIpc) is 3.05. The lowest BCUT2D eigenvalue weighted by molar-refractivity contribution is 0.102. The molecule has 8 heteroatoms. The van der Waals surface area contributed by atoms with Gasteiger partial charge >= 0.3 is 0 Å². The van der Waals surface area contributed by atoms with Gasteiger partial charge in [-0.05, 0) is 22.9 Å². The summed E-state index contributed by atoms with van der Waals surface area (Å²) in [5.74, 6) is 0.0312. The Kier molecular flexibility index (Phi) is 3.85. The van der Waals surface area contributed by atoms with Crippen LogP contribution in [0.2, 0.25) is 5.02 Å². The Bertz CT molecular complexity index is 797. The molecule has 6 nitrogen and oxygen atoms in total. The molecule has 0 atom stereocenters. The summed E-state index contributed by atoms with van der Waals surface area (Å²) in [5.41, 5.74) is 0. The Labute approximate surface area is 129 Å². The Morgan fingerprint density at radius 2 is 2.24 bits per heavy atom. The van der Waals surface area contributed by atoms with Crippen LogP contribution in [-0.4, -0.2) is 26.1 Å². The van der Waals surface area contributed by atoms with E-state index in [4.69, 9.17) is 11.6 Å². The quantitative estimate of drug-likeness (QED) is 0.801. The van der Waals surface area contributed by atoms with E-state index < -0.39 is 0 Å². The van der Waals surface area contributed by atoms with Gasteiger partial charge in [-0.1, -0.05) is 41.8 Å². The number of aryl methyl sites for hydroxylation is 1. The van der Waals surface area contributed by atoms with E-state index >= 15 is 0 Å². The van der Waals surface area contributed by atoms with Gasteiger partial charge in [0.2, 0.25) is 5.95 Å². The van der Waals surface area contributed by atoms with Gasteiger partial charge in [-0.25, -0.2) is 4.68 Å². The van der Waals surface area contributed by atoms with E-state index in [2.05, 4.69) is 20.8 Å². The van der Waals surface area contributed by atoms with E-state index in [0.717, 1.165) is 16.5 Å². The lowest BCUT2D eigenvalue weighted by Crippen LogP contribution is -2.15. The van der Waals surface area contributed by atoms with Crippen molar-refractivity contribution in [3.8, 4) is 0 Å². The van der Waals surface area contributed by atoms with E-state index in [1.165, 1.54) is 11.3 Å². The van der Waals surface area contributed by atoms with Crippen LogP contribution in [0.25, 0.3) is 10.1 Å². The number of carbonyl (C=O) groups excluding carboxylic acids is 1. The summed E-state index contributed by atoms with van der Waals surface area (Å²) < 4.78 is 2.53. The summed E-state index contributed by atoms with van der Waals surface area (Å²) in [4.78, 5) is 12.8. The van der Waals surface area contributed by atoms with Crippen LogP contribution in [0.15, 0.2) is 24.3 Å². The first-order valence-electron chi connectivity index (χ1n) is 6.45. The number of aromatic nitrogens is 4. The average molecular weight is 322 g/mol. The number of hydrogen-bond acceptors (Lipinski definition) is 5. The summed E-state index contributed by atoms with van der Waals surface area (Å²) in [5, 5.41) is 15.3. The number of amides is 1. The molecule has 2 aromatic heterocycles. The molecule has 3 rings (SSSR count). The molecule has 0 aliphatic heterocycles. The van der Waals surface area contributed by atoms with Gasteiger partial charge in [-0.15, -0.1) is 11.3 Å². The SMILES string of the molecule is CCCn1nnnc1NC(=O)c1sc2ccccc2c1Cl. The van der Waals surface area contributed by atoms with E-state index in [-0.39, 0.29) is 5.91 Å². The number of hydrogen-bond donors (Lipinski definition) is 1. The number of nitrogens with zero attached hydrogens (tertiary/aromatic N) is 4. The van der Waals surface area contributed by atoms with Crippen molar-refractivity contribution in [3.05, 3.63) is 34.2 Å². The Balaban J connectivity index is 1.90. The maximum absolute atomic E-state index is 12.4. The summed E-state index contributed by atoms with van der Waals surface area (Å²) in [6, 6.07) is 7.64. The highest BCUT2D eigenvalue weighted by atomic mass is 35.5. The molecule has 0 aliphatic rings. The second-order valence-electron chi connectivity index (χ2n) is 4.42. The third-order valence-corrected chi connectivity index (χ3v) is 4.61. The Morgan fingerprint density at radius 3 is 3.00 bits per heavy atom. The molecular formula is C13H12ClN5OS. The molecule has 0 radical (unpaired) electrons. The van der Waals surface area contributed by atoms with Crippen LogP contribution in [0.5, 0.6) is 0 Å². The largest absolute Gasteiger partial charge is 0.288 e.